The van der Waals surface area contributed by atoms with Crippen LogP contribution >= 0.6 is 0 Å². The monoisotopic (exact) mass is 317 g/mol. The van der Waals surface area contributed by atoms with Crippen LogP contribution in [0.4, 0.5) is 0 Å². The Morgan fingerprint density at radius 1 is 1.39 bits per heavy atom. The Labute approximate surface area is 135 Å². The number of fused-ring (bicyclic) bond motifs is 1. The summed E-state index contributed by atoms with van der Waals surface area (Å²) in [6.45, 7) is 0.550. The van der Waals surface area contributed by atoms with Gasteiger partial charge in [-0.2, -0.15) is 0 Å². The lowest BCUT2D eigenvalue weighted by Crippen LogP contribution is -2.37. The highest BCUT2D eigenvalue weighted by Crippen LogP contribution is 2.29. The summed E-state index contributed by atoms with van der Waals surface area (Å²) in [5, 5.41) is 10.9. The number of carbonyl (C=O) groups excluding carboxylic acids is 1. The van der Waals surface area contributed by atoms with Crippen molar-refractivity contribution in [1.82, 2.24) is 4.90 Å². The molecule has 23 heavy (non-hydrogen) atoms. The normalized spacial score (nSPS) is 21.3. The highest BCUT2D eigenvalue weighted by atomic mass is 16.5. The molecule has 1 heterocycles. The fraction of sp³-hybridized carbons (Fsp3) is 0.500. The number of para-hydroxylation sites is 1. The molecule has 1 fully saturated rings. The molecule has 0 aliphatic heterocycles. The summed E-state index contributed by atoms with van der Waals surface area (Å²) in [6.07, 6.45) is 3.67. The van der Waals surface area contributed by atoms with Crippen LogP contribution in [0.2, 0.25) is 0 Å². The van der Waals surface area contributed by atoms with Crippen LogP contribution in [0.15, 0.2) is 28.7 Å². The van der Waals surface area contributed by atoms with Gasteiger partial charge in [0.2, 0.25) is 0 Å². The van der Waals surface area contributed by atoms with Crippen LogP contribution in [0.1, 0.15) is 36.2 Å². The lowest BCUT2D eigenvalue weighted by Gasteiger charge is -2.30. The predicted molar refractivity (Wildman–Crippen MR) is 87.7 cm³/mol. The molecule has 5 nitrogen and oxygen atoms in total. The van der Waals surface area contributed by atoms with E-state index in [0.717, 1.165) is 31.1 Å². The molecule has 0 bridgehead atoms. The third kappa shape index (κ3) is 3.20. The summed E-state index contributed by atoms with van der Waals surface area (Å²) in [4.78, 5) is 14.2. The van der Waals surface area contributed by atoms with Gasteiger partial charge < -0.3 is 19.2 Å². The van der Waals surface area contributed by atoms with E-state index in [2.05, 4.69) is 0 Å². The van der Waals surface area contributed by atoms with E-state index in [9.17, 15) is 9.90 Å². The summed E-state index contributed by atoms with van der Waals surface area (Å²) in [5.41, 5.74) is 0.587. The third-order valence-corrected chi connectivity index (χ3v) is 4.66. The molecular weight excluding hydrogens is 294 g/mol. The minimum absolute atomic E-state index is 0.150. The predicted octanol–water partition coefficient (Wildman–Crippen LogP) is 3.06. The minimum Gasteiger partial charge on any atom is -0.493 e. The number of nitrogens with zero attached hydrogens (tertiary/aromatic N) is 1. The van der Waals surface area contributed by atoms with Crippen LogP contribution in [0.25, 0.3) is 11.0 Å². The Bertz CT molecular complexity index is 693. The van der Waals surface area contributed by atoms with E-state index in [0.29, 0.717) is 23.6 Å². The number of carbonyl (C=O) groups is 1. The number of benzene rings is 1. The van der Waals surface area contributed by atoms with Crippen molar-refractivity contribution < 1.29 is 19.1 Å². The number of rotatable bonds is 4. The molecule has 1 N–H and O–H groups in total. The average Bonchev–Trinajstić information content (AvgIpc) is 3.00. The molecule has 0 radical (unpaired) electrons. The highest BCUT2D eigenvalue weighted by Gasteiger charge is 2.27. The Morgan fingerprint density at radius 3 is 2.91 bits per heavy atom. The fourth-order valence-electron chi connectivity index (χ4n) is 3.33. The second-order valence-electron chi connectivity index (χ2n) is 6.29. The van der Waals surface area contributed by atoms with E-state index in [1.807, 2.05) is 18.2 Å². The number of aliphatic hydroxyl groups excluding tert-OH is 1. The first kappa shape index (κ1) is 15.9. The van der Waals surface area contributed by atoms with Gasteiger partial charge in [0.1, 0.15) is 0 Å². The molecule has 5 heteroatoms. The maximum absolute atomic E-state index is 12.6. The summed E-state index contributed by atoms with van der Waals surface area (Å²) < 4.78 is 11.0. The zero-order valence-electron chi connectivity index (χ0n) is 13.6. The van der Waals surface area contributed by atoms with Crippen LogP contribution < -0.4 is 4.74 Å². The lowest BCUT2D eigenvalue weighted by atomic mass is 9.86. The Morgan fingerprint density at radius 2 is 2.17 bits per heavy atom. The molecule has 1 aromatic heterocycles. The fourth-order valence-corrected chi connectivity index (χ4v) is 3.33. The second-order valence-corrected chi connectivity index (χ2v) is 6.29. The van der Waals surface area contributed by atoms with Crippen LogP contribution in [0.5, 0.6) is 5.75 Å². The van der Waals surface area contributed by atoms with Crippen LogP contribution in [0, 0.1) is 5.92 Å². The first-order valence-corrected chi connectivity index (χ1v) is 8.10. The molecule has 124 valence electrons. The van der Waals surface area contributed by atoms with Crippen molar-refractivity contribution in [3.8, 4) is 5.75 Å². The summed E-state index contributed by atoms with van der Waals surface area (Å²) in [7, 11) is 3.34. The van der Waals surface area contributed by atoms with Gasteiger partial charge in [-0.05, 0) is 25.0 Å². The van der Waals surface area contributed by atoms with Crippen LogP contribution in [0.3, 0.4) is 0 Å². The zero-order chi connectivity index (χ0) is 16.4. The topological polar surface area (TPSA) is 62.9 Å². The largest absolute Gasteiger partial charge is 0.493 e. The number of ether oxygens (including phenoxy) is 1. The van der Waals surface area contributed by atoms with E-state index in [1.54, 1.807) is 25.1 Å². The Balaban J connectivity index is 1.76. The van der Waals surface area contributed by atoms with E-state index in [4.69, 9.17) is 9.15 Å². The molecule has 1 aliphatic carbocycles. The Kier molecular flexibility index (Phi) is 4.57. The summed E-state index contributed by atoms with van der Waals surface area (Å²) in [6, 6.07) is 7.31. The van der Waals surface area contributed by atoms with E-state index < -0.39 is 0 Å². The quantitative estimate of drug-likeness (QED) is 0.941. The Hall–Kier alpha value is -2.01. The van der Waals surface area contributed by atoms with E-state index in [1.165, 1.54) is 0 Å². The molecule has 2 atom stereocenters. The first-order valence-electron chi connectivity index (χ1n) is 8.10. The molecule has 3 rings (SSSR count). The van der Waals surface area contributed by atoms with Crippen molar-refractivity contribution >= 4 is 16.9 Å². The highest BCUT2D eigenvalue weighted by molar-refractivity contribution is 5.97. The van der Waals surface area contributed by atoms with Gasteiger partial charge in [-0.1, -0.05) is 25.0 Å². The number of hydrogen-bond acceptors (Lipinski definition) is 4. The van der Waals surface area contributed by atoms with E-state index >= 15 is 0 Å². The minimum atomic E-state index is -0.310. The number of hydrogen-bond donors (Lipinski definition) is 1. The molecular formula is C18H23NO4. The average molecular weight is 317 g/mol. The van der Waals surface area contributed by atoms with Crippen LogP contribution in [-0.4, -0.2) is 42.7 Å². The van der Waals surface area contributed by atoms with Gasteiger partial charge in [0.15, 0.2) is 17.1 Å². The van der Waals surface area contributed by atoms with Crippen molar-refractivity contribution in [1.29, 1.82) is 0 Å². The maximum Gasteiger partial charge on any atom is 0.289 e. The number of aliphatic hydroxyl groups is 1. The molecule has 1 aromatic carbocycles. The van der Waals surface area contributed by atoms with Gasteiger partial charge in [0.25, 0.3) is 5.91 Å². The molecule has 1 aliphatic rings. The van der Waals surface area contributed by atoms with Gasteiger partial charge in [0, 0.05) is 24.9 Å². The van der Waals surface area contributed by atoms with Gasteiger partial charge in [-0.3, -0.25) is 4.79 Å². The smallest absolute Gasteiger partial charge is 0.289 e. The molecule has 0 saturated heterocycles. The summed E-state index contributed by atoms with van der Waals surface area (Å²) in [5.74, 6) is 0.904. The van der Waals surface area contributed by atoms with Crippen molar-refractivity contribution in [2.24, 2.45) is 5.92 Å². The number of methoxy groups -OCH3 is 1. The lowest BCUT2D eigenvalue weighted by molar-refractivity contribution is 0.0438. The van der Waals surface area contributed by atoms with Gasteiger partial charge in [0.05, 0.1) is 13.2 Å². The van der Waals surface area contributed by atoms with Gasteiger partial charge in [-0.25, -0.2) is 0 Å². The third-order valence-electron chi connectivity index (χ3n) is 4.66. The molecule has 1 saturated carbocycles. The van der Waals surface area contributed by atoms with Crippen molar-refractivity contribution in [2.75, 3.05) is 20.7 Å². The van der Waals surface area contributed by atoms with Gasteiger partial charge in [-0.15, -0.1) is 0 Å². The standard InChI is InChI=1S/C18H23NO4/c1-19(11-13-6-3-4-8-14(13)20)18(21)16-10-12-7-5-9-15(22-2)17(12)23-16/h5,7,9-10,13-14,20H,3-4,6,8,11H2,1-2H3. The van der Waals surface area contributed by atoms with E-state index in [-0.39, 0.29) is 17.9 Å². The molecule has 2 unspecified atom stereocenters. The van der Waals surface area contributed by atoms with Crippen molar-refractivity contribution in [3.05, 3.63) is 30.0 Å². The molecule has 1 amide bonds. The zero-order valence-corrected chi connectivity index (χ0v) is 13.6. The maximum atomic E-state index is 12.6. The SMILES string of the molecule is COc1cccc2cc(C(=O)N(C)CC3CCCCC3O)oc12. The van der Waals surface area contributed by atoms with Gasteiger partial charge >= 0.3 is 0 Å². The second kappa shape index (κ2) is 6.62. The van der Waals surface area contributed by atoms with Crippen LogP contribution in [-0.2, 0) is 0 Å². The van der Waals surface area contributed by atoms with Crippen molar-refractivity contribution in [2.45, 2.75) is 31.8 Å². The molecule has 0 spiro atoms. The van der Waals surface area contributed by atoms with Crippen molar-refractivity contribution in [3.63, 3.8) is 0 Å². The number of furan rings is 1. The summed E-state index contributed by atoms with van der Waals surface area (Å²) >= 11 is 0. The molecule has 2 aromatic rings. The first-order chi connectivity index (χ1) is 11.1. The number of amides is 1.